The molecule has 7 heteroatoms. The van der Waals surface area contributed by atoms with E-state index in [1.165, 1.54) is 0 Å². The van der Waals surface area contributed by atoms with Gasteiger partial charge in [-0.25, -0.2) is 4.79 Å². The fraction of sp³-hybridized carbons (Fsp3) is 0.800. The molecule has 0 spiro atoms. The number of rotatable bonds is 5. The van der Waals surface area contributed by atoms with Crippen molar-refractivity contribution in [1.29, 1.82) is 0 Å². The maximum absolute atomic E-state index is 11.0. The van der Waals surface area contributed by atoms with Gasteiger partial charge in [-0.3, -0.25) is 0 Å². The number of nitrogens with zero attached hydrogens (tertiary/aromatic N) is 2. The molecule has 0 aliphatic rings. The molecule has 0 radical (unpaired) electrons. The van der Waals surface area contributed by atoms with Crippen molar-refractivity contribution in [2.75, 3.05) is 23.7 Å². The van der Waals surface area contributed by atoms with Gasteiger partial charge in [-0.2, -0.15) is 5.01 Å². The van der Waals surface area contributed by atoms with Gasteiger partial charge in [0.1, 0.15) is 0 Å². The molecule has 70 valence electrons. The number of nitrogens with one attached hydrogen (secondary N) is 1. The number of halogens is 1. The van der Waals surface area contributed by atoms with Crippen LogP contribution in [0.4, 0.5) is 4.79 Å². The molecule has 0 aromatic rings. The van der Waals surface area contributed by atoms with Crippen molar-refractivity contribution >= 4 is 37.9 Å². The third-order valence-electron chi connectivity index (χ3n) is 1.04. The average Bonchev–Trinajstić information content (AvgIpc) is 2.10. The first kappa shape index (κ1) is 12.0. The molecule has 0 aliphatic carbocycles. The monoisotopic (exact) mass is 303 g/mol. The van der Waals surface area contributed by atoms with Crippen LogP contribution in [0.15, 0.2) is 5.29 Å². The number of alkyl halides is 1. The average molecular weight is 303 g/mol. The Morgan fingerprint density at radius 3 is 2.75 bits per heavy atom. The highest BCUT2D eigenvalue weighted by Crippen LogP contribution is 1.92. The fourth-order valence-corrected chi connectivity index (χ4v) is 1.06. The van der Waals surface area contributed by atoms with Gasteiger partial charge in [-0.1, -0.05) is 22.6 Å². The Hall–Kier alpha value is 0.0300. The van der Waals surface area contributed by atoms with E-state index in [0.717, 1.165) is 9.44 Å². The quantitative estimate of drug-likeness (QED) is 0.271. The Bertz CT molecular complexity index is 158. The van der Waals surface area contributed by atoms with Crippen LogP contribution < -0.4 is 5.32 Å². The molecule has 0 saturated heterocycles. The highest BCUT2D eigenvalue weighted by atomic mass is 127. The highest BCUT2D eigenvalue weighted by Gasteiger charge is 2.10. The number of hydrogen-bond acceptors (Lipinski definition) is 3. The molecule has 0 rings (SSSR count). The first-order chi connectivity index (χ1) is 5.76. The minimum absolute atomic E-state index is 0.335. The molecule has 0 heterocycles. The van der Waals surface area contributed by atoms with Crippen molar-refractivity contribution in [1.82, 2.24) is 10.3 Å². The minimum Gasteiger partial charge on any atom is -0.336 e. The van der Waals surface area contributed by atoms with Crippen molar-refractivity contribution in [3.63, 3.8) is 0 Å². The van der Waals surface area contributed by atoms with Gasteiger partial charge in [0, 0.05) is 11.0 Å². The molecule has 0 aliphatic heterocycles. The predicted molar refractivity (Wildman–Crippen MR) is 59.4 cm³/mol. The third-order valence-corrected chi connectivity index (χ3v) is 1.84. The predicted octanol–water partition coefficient (Wildman–Crippen LogP) is 0.990. The molecule has 2 amide bonds. The van der Waals surface area contributed by atoms with Crippen LogP contribution in [0, 0.1) is 4.91 Å². The maximum Gasteiger partial charge on any atom is 0.340 e. The maximum atomic E-state index is 11.0. The van der Waals surface area contributed by atoms with Gasteiger partial charge in [0.15, 0.2) is 0 Å². The van der Waals surface area contributed by atoms with Gasteiger partial charge in [0.2, 0.25) is 0 Å². The Kier molecular flexibility index (Phi) is 7.69. The molecule has 1 unspecified atom stereocenters. The molecule has 0 aromatic carbocycles. The SMILES string of the molecule is O=NN(CCP)C(=O)NCCI. The topological polar surface area (TPSA) is 61.8 Å². The van der Waals surface area contributed by atoms with Crippen molar-refractivity contribution in [3.8, 4) is 0 Å². The van der Waals surface area contributed by atoms with Crippen LogP contribution in [0.5, 0.6) is 0 Å². The lowest BCUT2D eigenvalue weighted by molar-refractivity contribution is 0.203. The highest BCUT2D eigenvalue weighted by molar-refractivity contribution is 14.1. The number of amides is 2. The summed E-state index contributed by atoms with van der Waals surface area (Å²) < 4.78 is 0.817. The summed E-state index contributed by atoms with van der Waals surface area (Å²) in [5.41, 5.74) is 0. The zero-order chi connectivity index (χ0) is 9.40. The first-order valence-corrected chi connectivity index (χ1v) is 5.75. The molecule has 1 N–H and O–H groups in total. The van der Waals surface area contributed by atoms with Gasteiger partial charge < -0.3 is 5.32 Å². The van der Waals surface area contributed by atoms with Crippen LogP contribution in [0.2, 0.25) is 0 Å². The summed E-state index contributed by atoms with van der Waals surface area (Å²) >= 11 is 2.13. The van der Waals surface area contributed by atoms with Gasteiger partial charge in [0.25, 0.3) is 0 Å². The van der Waals surface area contributed by atoms with Gasteiger partial charge in [-0.05, 0) is 6.16 Å². The molecular formula is C5H11IN3O2P. The van der Waals surface area contributed by atoms with E-state index in [4.69, 9.17) is 0 Å². The van der Waals surface area contributed by atoms with E-state index >= 15 is 0 Å². The van der Waals surface area contributed by atoms with E-state index in [9.17, 15) is 9.70 Å². The van der Waals surface area contributed by atoms with E-state index < -0.39 is 6.03 Å². The molecule has 1 atom stereocenters. The zero-order valence-corrected chi connectivity index (χ0v) is 9.81. The lowest BCUT2D eigenvalue weighted by Crippen LogP contribution is -2.38. The van der Waals surface area contributed by atoms with E-state index in [-0.39, 0.29) is 0 Å². The van der Waals surface area contributed by atoms with Gasteiger partial charge in [-0.15, -0.1) is 14.1 Å². The molecule has 12 heavy (non-hydrogen) atoms. The van der Waals surface area contributed by atoms with Crippen molar-refractivity contribution in [2.24, 2.45) is 5.29 Å². The number of urea groups is 1. The molecular weight excluding hydrogens is 292 g/mol. The molecule has 0 saturated carbocycles. The van der Waals surface area contributed by atoms with Crippen LogP contribution in [-0.2, 0) is 0 Å². The largest absolute Gasteiger partial charge is 0.340 e. The second-order valence-corrected chi connectivity index (χ2v) is 3.57. The second-order valence-electron chi connectivity index (χ2n) is 1.91. The van der Waals surface area contributed by atoms with Crippen LogP contribution in [0.1, 0.15) is 0 Å². The molecule has 5 nitrogen and oxygen atoms in total. The summed E-state index contributed by atoms with van der Waals surface area (Å²) in [5.74, 6) is 0. The van der Waals surface area contributed by atoms with Crippen LogP contribution in [-0.4, -0.2) is 34.7 Å². The van der Waals surface area contributed by atoms with Crippen LogP contribution in [0.3, 0.4) is 0 Å². The summed E-state index contributed by atoms with van der Waals surface area (Å²) in [6, 6.07) is -0.427. The van der Waals surface area contributed by atoms with Crippen molar-refractivity contribution < 1.29 is 4.79 Å². The molecule has 0 aromatic heterocycles. The molecule has 0 bridgehead atoms. The van der Waals surface area contributed by atoms with Crippen molar-refractivity contribution in [2.45, 2.75) is 0 Å². The first-order valence-electron chi connectivity index (χ1n) is 3.41. The summed E-state index contributed by atoms with van der Waals surface area (Å²) in [6.45, 7) is 0.892. The van der Waals surface area contributed by atoms with E-state index in [0.29, 0.717) is 19.3 Å². The van der Waals surface area contributed by atoms with E-state index in [2.05, 4.69) is 42.4 Å². The Morgan fingerprint density at radius 2 is 2.33 bits per heavy atom. The van der Waals surface area contributed by atoms with Crippen LogP contribution >= 0.6 is 31.8 Å². The lowest BCUT2D eigenvalue weighted by atomic mass is 10.6. The molecule has 0 fully saturated rings. The number of hydrogen-bond donors (Lipinski definition) is 1. The zero-order valence-electron chi connectivity index (χ0n) is 6.49. The van der Waals surface area contributed by atoms with Gasteiger partial charge in [0.05, 0.1) is 11.8 Å². The Balaban J connectivity index is 3.77. The number of carbonyl (C=O) groups is 1. The lowest BCUT2D eigenvalue weighted by Gasteiger charge is -2.11. The van der Waals surface area contributed by atoms with Crippen molar-refractivity contribution in [3.05, 3.63) is 4.91 Å². The summed E-state index contributed by atoms with van der Waals surface area (Å²) in [4.78, 5) is 21.1. The summed E-state index contributed by atoms with van der Waals surface area (Å²) in [7, 11) is 2.42. The summed E-state index contributed by atoms with van der Waals surface area (Å²) in [6.07, 6.45) is 0.642. The number of nitroso groups, excluding NO2 is 1. The second kappa shape index (κ2) is 7.67. The minimum atomic E-state index is -0.427. The van der Waals surface area contributed by atoms with E-state index in [1.807, 2.05) is 0 Å². The fourth-order valence-electron chi connectivity index (χ4n) is 0.547. The van der Waals surface area contributed by atoms with Crippen LogP contribution in [0.25, 0.3) is 0 Å². The Morgan fingerprint density at radius 1 is 1.67 bits per heavy atom. The third kappa shape index (κ3) is 4.82. The van der Waals surface area contributed by atoms with E-state index in [1.54, 1.807) is 0 Å². The Labute approximate surface area is 86.9 Å². The normalized spacial score (nSPS) is 9.17. The number of carbonyl (C=O) groups excluding carboxylic acids is 1. The standard InChI is InChI=1S/C5H11IN3O2P/c6-1-2-7-5(10)9(8-11)3-4-12/h1-4,12H2,(H,7,10). The van der Waals surface area contributed by atoms with Gasteiger partial charge >= 0.3 is 6.03 Å². The smallest absolute Gasteiger partial charge is 0.336 e. The summed E-state index contributed by atoms with van der Waals surface area (Å²) in [5, 5.41) is 6.01.